The number of hydrogen-bond acceptors (Lipinski definition) is 4. The Morgan fingerprint density at radius 1 is 1.47 bits per heavy atom. The van der Waals surface area contributed by atoms with Gasteiger partial charge in [0.25, 0.3) is 0 Å². The molecule has 0 atom stereocenters. The molecule has 2 rings (SSSR count). The van der Waals surface area contributed by atoms with Crippen molar-refractivity contribution in [1.29, 1.82) is 0 Å². The second kappa shape index (κ2) is 3.74. The third kappa shape index (κ3) is 1.71. The lowest BCUT2D eigenvalue weighted by atomic mass is 10.2. The summed E-state index contributed by atoms with van der Waals surface area (Å²) < 4.78 is 14.1. The third-order valence-corrected chi connectivity index (χ3v) is 2.06. The summed E-state index contributed by atoms with van der Waals surface area (Å²) in [5.41, 5.74) is 1.52. The highest BCUT2D eigenvalue weighted by molar-refractivity contribution is 5.56. The number of pyridine rings is 1. The second-order valence-corrected chi connectivity index (χ2v) is 3.03. The first kappa shape index (κ1) is 9.72. The molecule has 0 unspecified atom stereocenters. The van der Waals surface area contributed by atoms with E-state index in [0.717, 1.165) is 6.20 Å². The molecule has 0 fully saturated rings. The van der Waals surface area contributed by atoms with Crippen LogP contribution in [0.3, 0.4) is 0 Å². The predicted molar refractivity (Wildman–Crippen MR) is 50.1 cm³/mol. The number of hydrogen-bond donors (Lipinski definition) is 1. The van der Waals surface area contributed by atoms with Crippen molar-refractivity contribution < 1.29 is 9.50 Å². The Bertz CT molecular complexity index is 465. The number of nitrogens with zero attached hydrogens (tertiary/aromatic N) is 4. The van der Waals surface area contributed by atoms with Gasteiger partial charge in [0, 0.05) is 7.05 Å². The van der Waals surface area contributed by atoms with E-state index in [1.165, 1.54) is 16.8 Å². The van der Waals surface area contributed by atoms with E-state index >= 15 is 0 Å². The van der Waals surface area contributed by atoms with Crippen LogP contribution in [0.1, 0.15) is 5.69 Å². The number of aliphatic hydroxyl groups excluding tert-OH is 1. The number of aliphatic hydroxyl groups is 1. The zero-order chi connectivity index (χ0) is 10.8. The molecule has 0 amide bonds. The van der Waals surface area contributed by atoms with E-state index < -0.39 is 5.82 Å². The van der Waals surface area contributed by atoms with Crippen molar-refractivity contribution in [1.82, 2.24) is 20.0 Å². The Balaban J connectivity index is 2.49. The Hall–Kier alpha value is -1.82. The summed E-state index contributed by atoms with van der Waals surface area (Å²) in [5, 5.41) is 16.7. The topological polar surface area (TPSA) is 63.8 Å². The van der Waals surface area contributed by atoms with Crippen molar-refractivity contribution in [3.05, 3.63) is 29.8 Å². The van der Waals surface area contributed by atoms with Crippen LogP contribution in [-0.4, -0.2) is 25.1 Å². The highest BCUT2D eigenvalue weighted by Crippen LogP contribution is 2.18. The van der Waals surface area contributed by atoms with Crippen LogP contribution in [0, 0.1) is 5.82 Å². The highest BCUT2D eigenvalue weighted by Gasteiger charge is 2.12. The molecule has 0 aliphatic rings. The summed E-state index contributed by atoms with van der Waals surface area (Å²) in [6.07, 6.45) is 1.10. The minimum Gasteiger partial charge on any atom is -0.390 e. The van der Waals surface area contributed by atoms with Gasteiger partial charge < -0.3 is 5.11 Å². The minimum atomic E-state index is -0.409. The smallest absolute Gasteiger partial charge is 0.141 e. The zero-order valence-electron chi connectivity index (χ0n) is 8.05. The Morgan fingerprint density at radius 2 is 2.27 bits per heavy atom. The van der Waals surface area contributed by atoms with Gasteiger partial charge in [-0.15, -0.1) is 5.10 Å². The number of rotatable bonds is 2. The zero-order valence-corrected chi connectivity index (χ0v) is 8.05. The molecular formula is C9H9FN4O. The van der Waals surface area contributed by atoms with E-state index in [4.69, 9.17) is 5.11 Å². The molecule has 6 heteroatoms. The van der Waals surface area contributed by atoms with Crippen molar-refractivity contribution in [2.24, 2.45) is 7.05 Å². The molecule has 15 heavy (non-hydrogen) atoms. The van der Waals surface area contributed by atoms with Gasteiger partial charge in [-0.1, -0.05) is 5.21 Å². The van der Waals surface area contributed by atoms with Gasteiger partial charge in [0.05, 0.1) is 24.2 Å². The second-order valence-electron chi connectivity index (χ2n) is 3.03. The number of aryl methyl sites for hydroxylation is 1. The van der Waals surface area contributed by atoms with E-state index in [-0.39, 0.29) is 6.61 Å². The SMILES string of the molecule is Cn1nnc(-c2ccc(F)cn2)c1CO. The summed E-state index contributed by atoms with van der Waals surface area (Å²) in [6, 6.07) is 2.79. The molecule has 5 nitrogen and oxygen atoms in total. The molecule has 0 saturated heterocycles. The monoisotopic (exact) mass is 208 g/mol. The van der Waals surface area contributed by atoms with Crippen molar-refractivity contribution in [2.45, 2.75) is 6.61 Å². The van der Waals surface area contributed by atoms with Crippen LogP contribution >= 0.6 is 0 Å². The van der Waals surface area contributed by atoms with Gasteiger partial charge in [0.1, 0.15) is 11.5 Å². The molecule has 0 aromatic carbocycles. The van der Waals surface area contributed by atoms with E-state index in [0.29, 0.717) is 17.1 Å². The third-order valence-electron chi connectivity index (χ3n) is 2.06. The van der Waals surface area contributed by atoms with Crippen LogP contribution in [-0.2, 0) is 13.7 Å². The Kier molecular flexibility index (Phi) is 2.42. The first-order chi connectivity index (χ1) is 7.22. The molecule has 0 aliphatic heterocycles. The highest BCUT2D eigenvalue weighted by atomic mass is 19.1. The summed E-state index contributed by atoms with van der Waals surface area (Å²) in [5.74, 6) is -0.409. The van der Waals surface area contributed by atoms with Crippen molar-refractivity contribution >= 4 is 0 Å². The lowest BCUT2D eigenvalue weighted by molar-refractivity contribution is 0.271. The molecule has 1 N–H and O–H groups in total. The molecule has 78 valence electrons. The normalized spacial score (nSPS) is 10.6. The number of aromatic nitrogens is 4. The Morgan fingerprint density at radius 3 is 2.87 bits per heavy atom. The van der Waals surface area contributed by atoms with E-state index in [9.17, 15) is 4.39 Å². The molecule has 2 aromatic heterocycles. The van der Waals surface area contributed by atoms with Gasteiger partial charge in [-0.3, -0.25) is 4.98 Å². The maximum absolute atomic E-state index is 12.6. The van der Waals surface area contributed by atoms with Crippen LogP contribution in [0.2, 0.25) is 0 Å². The molecule has 0 bridgehead atoms. The minimum absolute atomic E-state index is 0.183. The maximum atomic E-state index is 12.6. The molecule has 0 aliphatic carbocycles. The molecule has 2 heterocycles. The maximum Gasteiger partial charge on any atom is 0.141 e. The van der Waals surface area contributed by atoms with Gasteiger partial charge in [-0.05, 0) is 12.1 Å². The fourth-order valence-corrected chi connectivity index (χ4v) is 1.27. The van der Waals surface area contributed by atoms with Crippen molar-refractivity contribution in [3.63, 3.8) is 0 Å². The van der Waals surface area contributed by atoms with Crippen molar-refractivity contribution in [2.75, 3.05) is 0 Å². The van der Waals surface area contributed by atoms with Gasteiger partial charge in [0.2, 0.25) is 0 Å². The Labute approximate surface area is 85.2 Å². The van der Waals surface area contributed by atoms with Crippen molar-refractivity contribution in [3.8, 4) is 11.4 Å². The van der Waals surface area contributed by atoms with E-state index in [2.05, 4.69) is 15.3 Å². The average molecular weight is 208 g/mol. The standard InChI is InChI=1S/C9H9FN4O/c1-14-8(5-15)9(12-13-14)7-3-2-6(10)4-11-7/h2-4,15H,5H2,1H3. The lowest BCUT2D eigenvalue weighted by Crippen LogP contribution is -1.99. The van der Waals surface area contributed by atoms with Gasteiger partial charge >= 0.3 is 0 Å². The largest absolute Gasteiger partial charge is 0.390 e. The molecular weight excluding hydrogens is 199 g/mol. The first-order valence-electron chi connectivity index (χ1n) is 4.33. The fraction of sp³-hybridized carbons (Fsp3) is 0.222. The molecule has 0 spiro atoms. The van der Waals surface area contributed by atoms with Gasteiger partial charge in [0.15, 0.2) is 0 Å². The average Bonchev–Trinajstić information content (AvgIpc) is 2.61. The van der Waals surface area contributed by atoms with Crippen LogP contribution in [0.5, 0.6) is 0 Å². The van der Waals surface area contributed by atoms with E-state index in [1.54, 1.807) is 7.05 Å². The predicted octanol–water partition coefficient (Wildman–Crippen LogP) is 0.508. The molecule has 0 saturated carbocycles. The fourth-order valence-electron chi connectivity index (χ4n) is 1.27. The van der Waals surface area contributed by atoms with Crippen LogP contribution < -0.4 is 0 Å². The molecule has 2 aromatic rings. The summed E-state index contributed by atoms with van der Waals surface area (Å²) in [7, 11) is 1.67. The summed E-state index contributed by atoms with van der Waals surface area (Å²) in [4.78, 5) is 3.87. The van der Waals surface area contributed by atoms with Crippen LogP contribution in [0.4, 0.5) is 4.39 Å². The number of halogens is 1. The van der Waals surface area contributed by atoms with Crippen LogP contribution in [0.25, 0.3) is 11.4 Å². The lowest BCUT2D eigenvalue weighted by Gasteiger charge is -1.99. The van der Waals surface area contributed by atoms with Gasteiger partial charge in [-0.2, -0.15) is 0 Å². The summed E-state index contributed by atoms with van der Waals surface area (Å²) >= 11 is 0. The van der Waals surface area contributed by atoms with Crippen LogP contribution in [0.15, 0.2) is 18.3 Å². The quantitative estimate of drug-likeness (QED) is 0.780. The van der Waals surface area contributed by atoms with Gasteiger partial charge in [-0.25, -0.2) is 9.07 Å². The van der Waals surface area contributed by atoms with E-state index in [1.807, 2.05) is 0 Å². The summed E-state index contributed by atoms with van der Waals surface area (Å²) in [6.45, 7) is -0.183. The first-order valence-corrected chi connectivity index (χ1v) is 4.33. The molecule has 0 radical (unpaired) electrons.